The molecule has 1 heteroatoms. The van der Waals surface area contributed by atoms with Crippen LogP contribution in [0.2, 0.25) is 0 Å². The minimum atomic E-state index is 0.168. The molecule has 0 radical (unpaired) electrons. The zero-order valence-electron chi connectivity index (χ0n) is 12.3. The van der Waals surface area contributed by atoms with Crippen LogP contribution in [0.1, 0.15) is 45.2 Å². The number of hydrogen-bond donors (Lipinski definition) is 0. The number of benzene rings is 1. The molecular weight excluding hydrogens is 232 g/mol. The van der Waals surface area contributed by atoms with Crippen molar-refractivity contribution in [1.82, 2.24) is 0 Å². The fourth-order valence-corrected chi connectivity index (χ4v) is 4.36. The Hall–Kier alpha value is -1.37. The second kappa shape index (κ2) is 4.06. The van der Waals surface area contributed by atoms with Gasteiger partial charge in [0.15, 0.2) is 5.78 Å². The molecule has 0 bridgehead atoms. The van der Waals surface area contributed by atoms with Gasteiger partial charge in [-0.2, -0.15) is 0 Å². The van der Waals surface area contributed by atoms with E-state index in [-0.39, 0.29) is 5.41 Å². The van der Waals surface area contributed by atoms with Crippen molar-refractivity contribution in [2.75, 3.05) is 0 Å². The van der Waals surface area contributed by atoms with Gasteiger partial charge in [-0.25, -0.2) is 0 Å². The number of carbonyl (C=O) groups is 1. The molecule has 0 amide bonds. The Morgan fingerprint density at radius 3 is 2.63 bits per heavy atom. The van der Waals surface area contributed by atoms with Crippen LogP contribution in [-0.2, 0) is 11.2 Å². The summed E-state index contributed by atoms with van der Waals surface area (Å²) in [5.74, 6) is 1.34. The number of allylic oxidation sites excluding steroid dienone is 2. The van der Waals surface area contributed by atoms with E-state index < -0.39 is 0 Å². The lowest BCUT2D eigenvalue weighted by atomic mass is 9.58. The molecule has 19 heavy (non-hydrogen) atoms. The minimum absolute atomic E-state index is 0.168. The molecule has 2 unspecified atom stereocenters. The largest absolute Gasteiger partial charge is 0.295 e. The van der Waals surface area contributed by atoms with E-state index in [2.05, 4.69) is 45.0 Å². The second-order valence-electron chi connectivity index (χ2n) is 6.56. The first-order valence-electron chi connectivity index (χ1n) is 7.31. The van der Waals surface area contributed by atoms with Gasteiger partial charge in [-0.15, -0.1) is 0 Å². The van der Waals surface area contributed by atoms with Gasteiger partial charge in [-0.3, -0.25) is 4.79 Å². The Morgan fingerprint density at radius 1 is 1.26 bits per heavy atom. The molecule has 0 heterocycles. The van der Waals surface area contributed by atoms with Gasteiger partial charge in [0, 0.05) is 11.8 Å². The van der Waals surface area contributed by atoms with Crippen molar-refractivity contribution in [2.45, 2.75) is 40.5 Å². The highest BCUT2D eigenvalue weighted by atomic mass is 16.1. The molecule has 2 aliphatic carbocycles. The first-order valence-corrected chi connectivity index (χ1v) is 7.31. The molecule has 1 aromatic carbocycles. The molecule has 1 aromatic rings. The van der Waals surface area contributed by atoms with Crippen molar-refractivity contribution in [2.24, 2.45) is 17.3 Å². The van der Waals surface area contributed by atoms with Crippen molar-refractivity contribution in [3.8, 4) is 0 Å². The average Bonchev–Trinajstić information content (AvgIpc) is 2.73. The first kappa shape index (κ1) is 12.7. The standard InChI is InChI=1S/C18H22O/c1-11(2)18-10-14-7-5-6-8-15(14)17(18)13(4)16(19)9-12(18)3/h5-8,11-12H,9-10H2,1-4H3. The van der Waals surface area contributed by atoms with Crippen molar-refractivity contribution in [1.29, 1.82) is 0 Å². The maximum atomic E-state index is 12.3. The Morgan fingerprint density at radius 2 is 1.95 bits per heavy atom. The maximum Gasteiger partial charge on any atom is 0.159 e. The molecule has 2 atom stereocenters. The predicted molar refractivity (Wildman–Crippen MR) is 78.8 cm³/mol. The van der Waals surface area contributed by atoms with Crippen LogP contribution in [0.3, 0.4) is 0 Å². The Kier molecular flexibility index (Phi) is 2.70. The lowest BCUT2D eigenvalue weighted by Crippen LogP contribution is -2.39. The summed E-state index contributed by atoms with van der Waals surface area (Å²) in [4.78, 5) is 12.3. The summed E-state index contributed by atoms with van der Waals surface area (Å²) in [5.41, 5.74) is 5.28. The Labute approximate surface area is 115 Å². The van der Waals surface area contributed by atoms with Crippen LogP contribution in [0.15, 0.2) is 29.8 Å². The van der Waals surface area contributed by atoms with Gasteiger partial charge in [0.1, 0.15) is 0 Å². The average molecular weight is 254 g/mol. The summed E-state index contributed by atoms with van der Waals surface area (Å²) in [6.45, 7) is 8.91. The van der Waals surface area contributed by atoms with E-state index >= 15 is 0 Å². The lowest BCUT2D eigenvalue weighted by Gasteiger charge is -2.44. The molecule has 2 aliphatic rings. The van der Waals surface area contributed by atoms with Crippen LogP contribution in [0.25, 0.3) is 5.57 Å². The molecule has 100 valence electrons. The van der Waals surface area contributed by atoms with E-state index in [1.807, 2.05) is 6.92 Å². The molecule has 0 saturated carbocycles. The molecular formula is C18H22O. The molecule has 0 aromatic heterocycles. The number of hydrogen-bond acceptors (Lipinski definition) is 1. The third kappa shape index (κ3) is 1.51. The molecule has 3 rings (SSSR count). The van der Waals surface area contributed by atoms with Crippen molar-refractivity contribution in [3.05, 3.63) is 41.0 Å². The molecule has 1 nitrogen and oxygen atoms in total. The van der Waals surface area contributed by atoms with E-state index in [1.54, 1.807) is 0 Å². The summed E-state index contributed by atoms with van der Waals surface area (Å²) >= 11 is 0. The van der Waals surface area contributed by atoms with Crippen molar-refractivity contribution in [3.63, 3.8) is 0 Å². The van der Waals surface area contributed by atoms with E-state index in [9.17, 15) is 4.79 Å². The van der Waals surface area contributed by atoms with Crippen molar-refractivity contribution < 1.29 is 4.79 Å². The summed E-state index contributed by atoms with van der Waals surface area (Å²) in [7, 11) is 0. The SMILES string of the molecule is CC1=C2c3ccccc3CC2(C(C)C)C(C)CC1=O. The number of Topliss-reactive ketones (excluding diaryl/α,β-unsaturated/α-hetero) is 1. The van der Waals surface area contributed by atoms with Crippen LogP contribution in [0.5, 0.6) is 0 Å². The van der Waals surface area contributed by atoms with Crippen LogP contribution in [-0.4, -0.2) is 5.78 Å². The van der Waals surface area contributed by atoms with Gasteiger partial charge in [0.2, 0.25) is 0 Å². The molecule has 0 N–H and O–H groups in total. The summed E-state index contributed by atoms with van der Waals surface area (Å²) in [6.07, 6.45) is 1.81. The topological polar surface area (TPSA) is 17.1 Å². The number of ketones is 1. The fraction of sp³-hybridized carbons (Fsp3) is 0.500. The maximum absolute atomic E-state index is 12.3. The van der Waals surface area contributed by atoms with Gasteiger partial charge in [-0.1, -0.05) is 45.0 Å². The molecule has 0 fully saturated rings. The zero-order valence-corrected chi connectivity index (χ0v) is 12.3. The predicted octanol–water partition coefficient (Wildman–Crippen LogP) is 4.27. The lowest BCUT2D eigenvalue weighted by molar-refractivity contribution is -0.117. The first-order chi connectivity index (χ1) is 8.98. The van der Waals surface area contributed by atoms with E-state index in [0.717, 1.165) is 12.0 Å². The Balaban J connectivity index is 2.32. The second-order valence-corrected chi connectivity index (χ2v) is 6.56. The molecule has 0 spiro atoms. The van der Waals surface area contributed by atoms with Crippen molar-refractivity contribution >= 4 is 11.4 Å². The molecule has 0 aliphatic heterocycles. The smallest absolute Gasteiger partial charge is 0.159 e. The van der Waals surface area contributed by atoms with Gasteiger partial charge in [-0.05, 0) is 47.5 Å². The number of rotatable bonds is 1. The van der Waals surface area contributed by atoms with E-state index in [4.69, 9.17) is 0 Å². The summed E-state index contributed by atoms with van der Waals surface area (Å²) < 4.78 is 0. The monoisotopic (exact) mass is 254 g/mol. The summed E-state index contributed by atoms with van der Waals surface area (Å²) in [5, 5.41) is 0. The van der Waals surface area contributed by atoms with Crippen LogP contribution >= 0.6 is 0 Å². The van der Waals surface area contributed by atoms with Gasteiger partial charge < -0.3 is 0 Å². The Bertz CT molecular complexity index is 579. The minimum Gasteiger partial charge on any atom is -0.295 e. The third-order valence-electron chi connectivity index (χ3n) is 5.43. The van der Waals surface area contributed by atoms with E-state index in [0.29, 0.717) is 24.0 Å². The highest BCUT2D eigenvalue weighted by Gasteiger charge is 2.51. The number of carbonyl (C=O) groups excluding carboxylic acids is 1. The number of fused-ring (bicyclic) bond motifs is 3. The van der Waals surface area contributed by atoms with Gasteiger partial charge in [0.25, 0.3) is 0 Å². The molecule has 0 saturated heterocycles. The quantitative estimate of drug-likeness (QED) is 0.731. The fourth-order valence-electron chi connectivity index (χ4n) is 4.36. The van der Waals surface area contributed by atoms with E-state index in [1.165, 1.54) is 16.7 Å². The highest BCUT2D eigenvalue weighted by Crippen LogP contribution is 2.59. The van der Waals surface area contributed by atoms with Crippen LogP contribution in [0.4, 0.5) is 0 Å². The third-order valence-corrected chi connectivity index (χ3v) is 5.43. The van der Waals surface area contributed by atoms with Gasteiger partial charge in [0.05, 0.1) is 0 Å². The summed E-state index contributed by atoms with van der Waals surface area (Å²) in [6, 6.07) is 8.64. The van der Waals surface area contributed by atoms with Crippen LogP contribution < -0.4 is 0 Å². The zero-order chi connectivity index (χ0) is 13.8. The highest BCUT2D eigenvalue weighted by molar-refractivity contribution is 6.06. The normalized spacial score (nSPS) is 29.7. The van der Waals surface area contributed by atoms with Crippen LogP contribution in [0, 0.1) is 17.3 Å². The van der Waals surface area contributed by atoms with Gasteiger partial charge >= 0.3 is 0 Å².